The Morgan fingerprint density at radius 1 is 1.32 bits per heavy atom. The van der Waals surface area contributed by atoms with Gasteiger partial charge in [0, 0.05) is 43.3 Å². The van der Waals surface area contributed by atoms with Crippen LogP contribution in [0.15, 0.2) is 36.7 Å². The van der Waals surface area contributed by atoms with Gasteiger partial charge in [-0.15, -0.1) is 0 Å². The lowest BCUT2D eigenvalue weighted by molar-refractivity contribution is -0.132. The number of hydrogen-bond acceptors (Lipinski definition) is 4. The number of anilines is 1. The molecule has 0 aliphatic carbocycles. The van der Waals surface area contributed by atoms with Crippen LogP contribution in [0, 0.1) is 0 Å². The first-order chi connectivity index (χ1) is 12.1. The van der Waals surface area contributed by atoms with Crippen LogP contribution in [0.4, 0.5) is 5.69 Å². The van der Waals surface area contributed by atoms with Crippen molar-refractivity contribution in [2.45, 2.75) is 39.3 Å². The van der Waals surface area contributed by atoms with E-state index in [0.717, 1.165) is 37.4 Å². The van der Waals surface area contributed by atoms with Crippen molar-refractivity contribution in [3.05, 3.63) is 42.5 Å². The van der Waals surface area contributed by atoms with Crippen LogP contribution in [0.3, 0.4) is 0 Å². The zero-order valence-corrected chi connectivity index (χ0v) is 14.9. The zero-order valence-electron chi connectivity index (χ0n) is 14.9. The summed E-state index contributed by atoms with van der Waals surface area (Å²) in [5.41, 5.74) is 0.949. The summed E-state index contributed by atoms with van der Waals surface area (Å²) in [5.74, 6) is 1.75. The second-order valence-electron chi connectivity index (χ2n) is 6.60. The minimum absolute atomic E-state index is 0.0647. The van der Waals surface area contributed by atoms with Gasteiger partial charge in [-0.05, 0) is 38.8 Å². The van der Waals surface area contributed by atoms with Crippen molar-refractivity contribution in [3.63, 3.8) is 0 Å². The Morgan fingerprint density at radius 2 is 2.12 bits per heavy atom. The number of rotatable bonds is 7. The van der Waals surface area contributed by atoms with Gasteiger partial charge in [0.25, 0.3) is 5.91 Å². The van der Waals surface area contributed by atoms with Gasteiger partial charge in [0.2, 0.25) is 0 Å². The third-order valence-electron chi connectivity index (χ3n) is 4.41. The Labute approximate surface area is 148 Å². The first kappa shape index (κ1) is 17.3. The predicted octanol–water partition coefficient (Wildman–Crippen LogP) is 3.08. The number of benzene rings is 1. The normalized spacial score (nSPS) is 14.1. The molecule has 0 bridgehead atoms. The van der Waals surface area contributed by atoms with Crippen molar-refractivity contribution in [2.24, 2.45) is 0 Å². The topological polar surface area (TPSA) is 59.4 Å². The van der Waals surface area contributed by atoms with Crippen LogP contribution in [0.25, 0.3) is 0 Å². The van der Waals surface area contributed by atoms with Crippen LogP contribution in [0.2, 0.25) is 0 Å². The first-order valence-corrected chi connectivity index (χ1v) is 8.89. The van der Waals surface area contributed by atoms with Crippen LogP contribution in [0.1, 0.15) is 38.6 Å². The monoisotopic (exact) mass is 342 g/mol. The summed E-state index contributed by atoms with van der Waals surface area (Å²) < 4.78 is 7.81. The molecule has 2 heterocycles. The van der Waals surface area contributed by atoms with E-state index in [1.54, 1.807) is 0 Å². The first-order valence-electron chi connectivity index (χ1n) is 8.89. The molecule has 0 unspecified atom stereocenters. The van der Waals surface area contributed by atoms with Crippen molar-refractivity contribution in [1.29, 1.82) is 0 Å². The van der Waals surface area contributed by atoms with E-state index < -0.39 is 0 Å². The van der Waals surface area contributed by atoms with E-state index in [4.69, 9.17) is 4.74 Å². The maximum absolute atomic E-state index is 12.1. The molecule has 1 aromatic heterocycles. The largest absolute Gasteiger partial charge is 0.484 e. The minimum Gasteiger partial charge on any atom is -0.484 e. The van der Waals surface area contributed by atoms with E-state index in [1.165, 1.54) is 0 Å². The lowest BCUT2D eigenvalue weighted by atomic mass is 10.3. The SMILES string of the molecule is CC(C)n1ccnc1CNc1cccc(OCC(=O)N2CCCC2)c1. The Balaban J connectivity index is 1.54. The fraction of sp³-hybridized carbons (Fsp3) is 0.474. The average molecular weight is 342 g/mol. The number of carbonyl (C=O) groups is 1. The molecule has 0 saturated carbocycles. The smallest absolute Gasteiger partial charge is 0.260 e. The van der Waals surface area contributed by atoms with Gasteiger partial charge in [-0.2, -0.15) is 0 Å². The Bertz CT molecular complexity index is 705. The highest BCUT2D eigenvalue weighted by atomic mass is 16.5. The molecule has 0 spiro atoms. The zero-order chi connectivity index (χ0) is 17.6. The molecule has 1 aliphatic heterocycles. The van der Waals surface area contributed by atoms with E-state index in [9.17, 15) is 4.79 Å². The quantitative estimate of drug-likeness (QED) is 0.840. The van der Waals surface area contributed by atoms with Gasteiger partial charge in [0.15, 0.2) is 6.61 Å². The molecule has 1 aromatic carbocycles. The maximum atomic E-state index is 12.1. The van der Waals surface area contributed by atoms with E-state index in [-0.39, 0.29) is 12.5 Å². The van der Waals surface area contributed by atoms with E-state index in [1.807, 2.05) is 41.6 Å². The minimum atomic E-state index is 0.0647. The molecule has 6 heteroatoms. The van der Waals surface area contributed by atoms with Crippen molar-refractivity contribution >= 4 is 11.6 Å². The number of ether oxygens (including phenoxy) is 1. The number of imidazole rings is 1. The fourth-order valence-corrected chi connectivity index (χ4v) is 3.03. The molecule has 0 atom stereocenters. The van der Waals surface area contributed by atoms with Crippen LogP contribution < -0.4 is 10.1 Å². The van der Waals surface area contributed by atoms with Crippen LogP contribution in [-0.4, -0.2) is 40.1 Å². The lowest BCUT2D eigenvalue weighted by Crippen LogP contribution is -2.32. The second kappa shape index (κ2) is 8.05. The summed E-state index contributed by atoms with van der Waals surface area (Å²) in [5, 5.41) is 3.37. The molecule has 0 radical (unpaired) electrons. The van der Waals surface area contributed by atoms with Crippen LogP contribution in [0.5, 0.6) is 5.75 Å². The van der Waals surface area contributed by atoms with Crippen LogP contribution >= 0.6 is 0 Å². The Kier molecular flexibility index (Phi) is 5.58. The van der Waals surface area contributed by atoms with E-state index in [0.29, 0.717) is 18.3 Å². The number of carbonyl (C=O) groups excluding carboxylic acids is 1. The Hall–Kier alpha value is -2.50. The predicted molar refractivity (Wildman–Crippen MR) is 97.7 cm³/mol. The fourth-order valence-electron chi connectivity index (χ4n) is 3.03. The molecule has 1 amide bonds. The highest BCUT2D eigenvalue weighted by Crippen LogP contribution is 2.19. The molecule has 1 fully saturated rings. The van der Waals surface area contributed by atoms with Crippen LogP contribution in [-0.2, 0) is 11.3 Å². The molecule has 2 aromatic rings. The number of nitrogens with one attached hydrogen (secondary N) is 1. The van der Waals surface area contributed by atoms with Crippen molar-refractivity contribution in [3.8, 4) is 5.75 Å². The molecule has 1 saturated heterocycles. The molecule has 25 heavy (non-hydrogen) atoms. The Morgan fingerprint density at radius 3 is 2.88 bits per heavy atom. The molecule has 6 nitrogen and oxygen atoms in total. The lowest BCUT2D eigenvalue weighted by Gasteiger charge is -2.16. The van der Waals surface area contributed by atoms with Gasteiger partial charge in [0.05, 0.1) is 6.54 Å². The average Bonchev–Trinajstić information content (AvgIpc) is 3.29. The molecule has 1 aliphatic rings. The summed E-state index contributed by atoms with van der Waals surface area (Å²) in [7, 11) is 0. The van der Waals surface area contributed by atoms with Crippen molar-refractivity contribution in [2.75, 3.05) is 25.0 Å². The number of likely N-dealkylation sites (tertiary alicyclic amines) is 1. The number of nitrogens with zero attached hydrogens (tertiary/aromatic N) is 3. The third-order valence-corrected chi connectivity index (χ3v) is 4.41. The summed E-state index contributed by atoms with van der Waals surface area (Å²) in [6.07, 6.45) is 6.00. The summed E-state index contributed by atoms with van der Waals surface area (Å²) in [6, 6.07) is 8.08. The number of aromatic nitrogens is 2. The molecule has 1 N–H and O–H groups in total. The summed E-state index contributed by atoms with van der Waals surface area (Å²) >= 11 is 0. The standard InChI is InChI=1S/C19H26N4O2/c1-15(2)23-11-8-20-18(23)13-21-16-6-5-7-17(12-16)25-14-19(24)22-9-3-4-10-22/h5-8,11-12,15,21H,3-4,9-10,13-14H2,1-2H3. The number of amides is 1. The van der Waals surface area contributed by atoms with Gasteiger partial charge in [-0.25, -0.2) is 4.98 Å². The van der Waals surface area contributed by atoms with Gasteiger partial charge >= 0.3 is 0 Å². The third kappa shape index (κ3) is 4.53. The van der Waals surface area contributed by atoms with E-state index in [2.05, 4.69) is 28.7 Å². The molecule has 3 rings (SSSR count). The van der Waals surface area contributed by atoms with Crippen molar-refractivity contribution in [1.82, 2.24) is 14.5 Å². The van der Waals surface area contributed by atoms with Gasteiger partial charge in [0.1, 0.15) is 11.6 Å². The second-order valence-corrected chi connectivity index (χ2v) is 6.60. The summed E-state index contributed by atoms with van der Waals surface area (Å²) in [6.45, 7) is 6.72. The molecular formula is C19H26N4O2. The molecular weight excluding hydrogens is 316 g/mol. The maximum Gasteiger partial charge on any atom is 0.260 e. The van der Waals surface area contributed by atoms with E-state index >= 15 is 0 Å². The van der Waals surface area contributed by atoms with Crippen molar-refractivity contribution < 1.29 is 9.53 Å². The van der Waals surface area contributed by atoms with Gasteiger partial charge in [-0.3, -0.25) is 4.79 Å². The van der Waals surface area contributed by atoms with Gasteiger partial charge < -0.3 is 19.5 Å². The molecule has 134 valence electrons. The number of hydrogen-bond donors (Lipinski definition) is 1. The summed E-state index contributed by atoms with van der Waals surface area (Å²) in [4.78, 5) is 18.3. The highest BCUT2D eigenvalue weighted by molar-refractivity contribution is 5.78. The highest BCUT2D eigenvalue weighted by Gasteiger charge is 2.18. The van der Waals surface area contributed by atoms with Gasteiger partial charge in [-0.1, -0.05) is 6.07 Å².